The molecular formula is C11H21F2NO3. The minimum absolute atomic E-state index is 0.0780. The van der Waals surface area contributed by atoms with E-state index in [1.807, 2.05) is 13.8 Å². The van der Waals surface area contributed by atoms with Crippen molar-refractivity contribution in [2.24, 2.45) is 0 Å². The largest absolute Gasteiger partial charge is 0.468 e. The third-order valence-electron chi connectivity index (χ3n) is 2.23. The van der Waals surface area contributed by atoms with Gasteiger partial charge in [-0.2, -0.15) is 0 Å². The number of hydrogen-bond donors (Lipinski definition) is 1. The van der Waals surface area contributed by atoms with Crippen LogP contribution in [0.4, 0.5) is 8.78 Å². The molecule has 0 heterocycles. The molecule has 0 amide bonds. The lowest BCUT2D eigenvalue weighted by atomic mass is 9.97. The van der Waals surface area contributed by atoms with Crippen LogP contribution in [0.3, 0.4) is 0 Å². The van der Waals surface area contributed by atoms with E-state index in [9.17, 15) is 13.6 Å². The molecule has 17 heavy (non-hydrogen) atoms. The number of alkyl halides is 2. The van der Waals surface area contributed by atoms with Crippen molar-refractivity contribution >= 4 is 5.97 Å². The highest BCUT2D eigenvalue weighted by Crippen LogP contribution is 2.13. The second kappa shape index (κ2) is 7.55. The van der Waals surface area contributed by atoms with E-state index < -0.39 is 24.5 Å². The lowest BCUT2D eigenvalue weighted by Gasteiger charge is -2.30. The molecule has 0 bridgehead atoms. The van der Waals surface area contributed by atoms with Crippen LogP contribution >= 0.6 is 0 Å². The molecule has 1 atom stereocenters. The van der Waals surface area contributed by atoms with Gasteiger partial charge in [-0.1, -0.05) is 0 Å². The summed E-state index contributed by atoms with van der Waals surface area (Å²) in [7, 11) is 1.29. The van der Waals surface area contributed by atoms with Gasteiger partial charge in [0.2, 0.25) is 0 Å². The number of nitrogens with one attached hydrogen (secondary N) is 1. The molecule has 1 unspecified atom stereocenters. The summed E-state index contributed by atoms with van der Waals surface area (Å²) in [6.07, 6.45) is -2.21. The highest BCUT2D eigenvalue weighted by atomic mass is 19.3. The van der Waals surface area contributed by atoms with Crippen molar-refractivity contribution in [2.75, 3.05) is 20.3 Å². The van der Waals surface area contributed by atoms with Crippen LogP contribution in [-0.2, 0) is 14.3 Å². The molecule has 0 aliphatic carbocycles. The van der Waals surface area contributed by atoms with Crippen molar-refractivity contribution in [3.63, 3.8) is 0 Å². The fraction of sp³-hybridized carbons (Fsp3) is 0.909. The Balaban J connectivity index is 4.24. The number of carbonyl (C=O) groups is 1. The molecule has 0 fully saturated rings. The molecular weight excluding hydrogens is 232 g/mol. The molecule has 1 N–H and O–H groups in total. The van der Waals surface area contributed by atoms with Crippen molar-refractivity contribution in [1.82, 2.24) is 5.32 Å². The minimum Gasteiger partial charge on any atom is -0.468 e. The van der Waals surface area contributed by atoms with Gasteiger partial charge in [0.25, 0.3) is 6.43 Å². The molecule has 0 rings (SSSR count). The molecule has 0 spiro atoms. The number of esters is 1. The average Bonchev–Trinajstić information content (AvgIpc) is 2.22. The summed E-state index contributed by atoms with van der Waals surface area (Å²) in [6, 6.07) is 0.0780. The van der Waals surface area contributed by atoms with Gasteiger partial charge in [0.05, 0.1) is 7.11 Å². The Morgan fingerprint density at radius 3 is 2.41 bits per heavy atom. The fourth-order valence-electron chi connectivity index (χ4n) is 1.54. The monoisotopic (exact) mass is 253 g/mol. The quantitative estimate of drug-likeness (QED) is 0.527. The predicted molar refractivity (Wildman–Crippen MR) is 60.1 cm³/mol. The zero-order chi connectivity index (χ0) is 13.5. The van der Waals surface area contributed by atoms with E-state index in [0.717, 1.165) is 0 Å². The Morgan fingerprint density at radius 2 is 2.00 bits per heavy atom. The maximum absolute atomic E-state index is 11.9. The first-order valence-corrected chi connectivity index (χ1v) is 5.54. The van der Waals surface area contributed by atoms with Gasteiger partial charge in [0, 0.05) is 12.6 Å². The lowest BCUT2D eigenvalue weighted by Crippen LogP contribution is -2.53. The summed E-state index contributed by atoms with van der Waals surface area (Å²) in [4.78, 5) is 11.6. The predicted octanol–water partition coefficient (Wildman–Crippen LogP) is 1.59. The molecule has 0 aromatic heterocycles. The second-order valence-corrected chi connectivity index (χ2v) is 4.34. The standard InChI is InChI=1S/C11H21F2NO3/c1-8(2)14-11(3,10(15)16-4)5-6-17-7-9(12)13/h8-9,14H,5-7H2,1-4H3. The van der Waals surface area contributed by atoms with E-state index in [-0.39, 0.29) is 19.1 Å². The van der Waals surface area contributed by atoms with Crippen molar-refractivity contribution in [2.45, 2.75) is 45.2 Å². The van der Waals surface area contributed by atoms with Crippen LogP contribution in [0.15, 0.2) is 0 Å². The van der Waals surface area contributed by atoms with Gasteiger partial charge in [0.1, 0.15) is 12.1 Å². The Hall–Kier alpha value is -0.750. The van der Waals surface area contributed by atoms with Crippen molar-refractivity contribution in [1.29, 1.82) is 0 Å². The topological polar surface area (TPSA) is 47.6 Å². The number of ether oxygens (including phenoxy) is 2. The summed E-state index contributed by atoms with van der Waals surface area (Å²) in [5, 5.41) is 3.05. The van der Waals surface area contributed by atoms with E-state index in [2.05, 4.69) is 10.1 Å². The summed E-state index contributed by atoms with van der Waals surface area (Å²) in [5.41, 5.74) is -0.912. The summed E-state index contributed by atoms with van der Waals surface area (Å²) < 4.78 is 33.2. The molecule has 0 saturated carbocycles. The van der Waals surface area contributed by atoms with Crippen LogP contribution < -0.4 is 5.32 Å². The number of rotatable bonds is 8. The Labute approximate surface area is 101 Å². The van der Waals surface area contributed by atoms with Gasteiger partial charge in [-0.25, -0.2) is 8.78 Å². The first kappa shape index (κ1) is 16.2. The number of hydrogen-bond acceptors (Lipinski definition) is 4. The van der Waals surface area contributed by atoms with E-state index in [1.165, 1.54) is 7.11 Å². The molecule has 6 heteroatoms. The van der Waals surface area contributed by atoms with Gasteiger partial charge in [0.15, 0.2) is 0 Å². The van der Waals surface area contributed by atoms with Crippen LogP contribution in [0.1, 0.15) is 27.2 Å². The SMILES string of the molecule is COC(=O)C(C)(CCOCC(F)F)NC(C)C. The van der Waals surface area contributed by atoms with E-state index in [1.54, 1.807) is 6.92 Å². The molecule has 0 saturated heterocycles. The lowest BCUT2D eigenvalue weighted by molar-refractivity contribution is -0.149. The Bertz CT molecular complexity index is 237. The van der Waals surface area contributed by atoms with Crippen LogP contribution in [0.5, 0.6) is 0 Å². The molecule has 0 radical (unpaired) electrons. The first-order valence-electron chi connectivity index (χ1n) is 5.54. The van der Waals surface area contributed by atoms with Crippen LogP contribution in [0, 0.1) is 0 Å². The number of halogens is 2. The van der Waals surface area contributed by atoms with Gasteiger partial charge < -0.3 is 9.47 Å². The summed E-state index contributed by atoms with van der Waals surface area (Å²) in [5.74, 6) is -0.424. The summed E-state index contributed by atoms with van der Waals surface area (Å²) in [6.45, 7) is 4.92. The maximum Gasteiger partial charge on any atom is 0.325 e. The fourth-order valence-corrected chi connectivity index (χ4v) is 1.54. The molecule has 102 valence electrons. The second-order valence-electron chi connectivity index (χ2n) is 4.34. The van der Waals surface area contributed by atoms with Crippen molar-refractivity contribution in [3.05, 3.63) is 0 Å². The smallest absolute Gasteiger partial charge is 0.325 e. The Kier molecular flexibility index (Phi) is 7.22. The van der Waals surface area contributed by atoms with E-state index >= 15 is 0 Å². The van der Waals surface area contributed by atoms with Crippen LogP contribution in [0.25, 0.3) is 0 Å². The molecule has 0 aliphatic heterocycles. The van der Waals surface area contributed by atoms with Crippen LogP contribution in [0.2, 0.25) is 0 Å². The Morgan fingerprint density at radius 1 is 1.41 bits per heavy atom. The number of carbonyl (C=O) groups excluding carboxylic acids is 1. The van der Waals surface area contributed by atoms with Crippen molar-refractivity contribution in [3.8, 4) is 0 Å². The van der Waals surface area contributed by atoms with Gasteiger partial charge in [-0.15, -0.1) is 0 Å². The van der Waals surface area contributed by atoms with Crippen LogP contribution in [-0.4, -0.2) is 44.3 Å². The highest BCUT2D eigenvalue weighted by molar-refractivity contribution is 5.80. The van der Waals surface area contributed by atoms with E-state index in [4.69, 9.17) is 4.74 Å². The van der Waals surface area contributed by atoms with E-state index in [0.29, 0.717) is 0 Å². The minimum atomic E-state index is -2.49. The number of methoxy groups -OCH3 is 1. The first-order chi connectivity index (χ1) is 7.81. The third-order valence-corrected chi connectivity index (χ3v) is 2.23. The molecule has 4 nitrogen and oxygen atoms in total. The maximum atomic E-state index is 11.9. The zero-order valence-electron chi connectivity index (χ0n) is 10.8. The zero-order valence-corrected chi connectivity index (χ0v) is 10.8. The van der Waals surface area contributed by atoms with Gasteiger partial charge in [-0.3, -0.25) is 10.1 Å². The van der Waals surface area contributed by atoms with Gasteiger partial charge >= 0.3 is 5.97 Å². The highest BCUT2D eigenvalue weighted by Gasteiger charge is 2.34. The normalized spacial score (nSPS) is 15.1. The third kappa shape index (κ3) is 6.53. The summed E-state index contributed by atoms with van der Waals surface area (Å²) >= 11 is 0. The van der Waals surface area contributed by atoms with Gasteiger partial charge in [-0.05, 0) is 27.2 Å². The average molecular weight is 253 g/mol. The molecule has 0 aromatic carbocycles. The molecule has 0 aliphatic rings. The van der Waals surface area contributed by atoms with Crippen molar-refractivity contribution < 1.29 is 23.0 Å². The molecule has 0 aromatic rings.